The lowest BCUT2D eigenvalue weighted by Crippen LogP contribution is -2.25. The fourth-order valence-corrected chi connectivity index (χ4v) is 3.27. The van der Waals surface area contributed by atoms with Crippen LogP contribution in [-0.4, -0.2) is 27.5 Å². The van der Waals surface area contributed by atoms with Gasteiger partial charge in [-0.2, -0.15) is 18.2 Å². The van der Waals surface area contributed by atoms with Gasteiger partial charge < -0.3 is 9.42 Å². The maximum Gasteiger partial charge on any atom is 0.416 e. The van der Waals surface area contributed by atoms with E-state index in [0.717, 1.165) is 24.3 Å². The van der Waals surface area contributed by atoms with Crippen molar-refractivity contribution in [2.75, 3.05) is 6.54 Å². The van der Waals surface area contributed by atoms with E-state index in [9.17, 15) is 26.7 Å². The number of aromatic nitrogens is 2. The number of alkyl halides is 3. The zero-order valence-corrected chi connectivity index (χ0v) is 15.3. The second kappa shape index (κ2) is 7.51. The molecule has 1 aliphatic rings. The van der Waals surface area contributed by atoms with Gasteiger partial charge in [0.2, 0.25) is 5.91 Å². The molecule has 4 rings (SSSR count). The molecule has 0 radical (unpaired) electrons. The predicted molar refractivity (Wildman–Crippen MR) is 93.9 cm³/mol. The fourth-order valence-electron chi connectivity index (χ4n) is 3.27. The van der Waals surface area contributed by atoms with Crippen molar-refractivity contribution < 1.29 is 31.3 Å². The van der Waals surface area contributed by atoms with Crippen molar-refractivity contribution in [2.24, 2.45) is 0 Å². The van der Waals surface area contributed by atoms with Gasteiger partial charge in [0, 0.05) is 42.6 Å². The van der Waals surface area contributed by atoms with Gasteiger partial charge in [0.25, 0.3) is 5.89 Å². The summed E-state index contributed by atoms with van der Waals surface area (Å²) in [6, 6.07) is 7.43. The Labute approximate surface area is 167 Å². The van der Waals surface area contributed by atoms with Crippen molar-refractivity contribution in [2.45, 2.75) is 25.1 Å². The molecular weight excluding hydrogens is 409 g/mol. The molecule has 2 aromatic carbocycles. The van der Waals surface area contributed by atoms with Crippen LogP contribution in [0.5, 0.6) is 0 Å². The van der Waals surface area contributed by atoms with Crippen LogP contribution in [0, 0.1) is 11.6 Å². The molecule has 3 aromatic rings. The van der Waals surface area contributed by atoms with Crippen LogP contribution in [0.15, 0.2) is 47.0 Å². The first-order valence-corrected chi connectivity index (χ1v) is 8.93. The van der Waals surface area contributed by atoms with Crippen molar-refractivity contribution in [3.63, 3.8) is 0 Å². The van der Waals surface area contributed by atoms with E-state index in [1.165, 1.54) is 23.1 Å². The summed E-state index contributed by atoms with van der Waals surface area (Å²) < 4.78 is 70.1. The topological polar surface area (TPSA) is 59.2 Å². The van der Waals surface area contributed by atoms with Gasteiger partial charge in [0.1, 0.15) is 11.6 Å². The smallest absolute Gasteiger partial charge is 0.337 e. The van der Waals surface area contributed by atoms with Gasteiger partial charge in [-0.25, -0.2) is 8.78 Å². The summed E-state index contributed by atoms with van der Waals surface area (Å²) >= 11 is 0. The van der Waals surface area contributed by atoms with Gasteiger partial charge in [-0.15, -0.1) is 0 Å². The third-order valence-corrected chi connectivity index (χ3v) is 4.86. The lowest BCUT2D eigenvalue weighted by atomic mass is 10.1. The van der Waals surface area contributed by atoms with Crippen LogP contribution in [0.2, 0.25) is 0 Å². The molecule has 1 saturated heterocycles. The number of hydrogen-bond acceptors (Lipinski definition) is 4. The molecule has 0 N–H and O–H groups in total. The standard InChI is InChI=1S/C20H14F5N3O2/c21-15-6-3-12(16(22)8-15)9-28-10-13(7-17(28)29)18-26-19(30-27-18)11-1-4-14(5-2-11)20(23,24)25/h1-6,8,13H,7,9-10H2. The summed E-state index contributed by atoms with van der Waals surface area (Å²) in [4.78, 5) is 17.9. The molecule has 0 spiro atoms. The SMILES string of the molecule is O=C1CC(c2noc(-c3ccc(C(F)(F)F)cc3)n2)CN1Cc1ccc(F)cc1F. The van der Waals surface area contributed by atoms with Crippen LogP contribution < -0.4 is 0 Å². The third-order valence-electron chi connectivity index (χ3n) is 4.86. The van der Waals surface area contributed by atoms with E-state index >= 15 is 0 Å². The average molecular weight is 423 g/mol. The first-order valence-electron chi connectivity index (χ1n) is 8.93. The summed E-state index contributed by atoms with van der Waals surface area (Å²) in [6.45, 7) is 0.187. The normalized spacial score (nSPS) is 17.0. The fraction of sp³-hybridized carbons (Fsp3) is 0.250. The summed E-state index contributed by atoms with van der Waals surface area (Å²) in [6.07, 6.45) is -4.37. The highest BCUT2D eigenvalue weighted by molar-refractivity contribution is 5.79. The molecule has 1 aromatic heterocycles. The monoisotopic (exact) mass is 423 g/mol. The number of halogens is 5. The van der Waals surface area contributed by atoms with E-state index in [2.05, 4.69) is 10.1 Å². The summed E-state index contributed by atoms with van der Waals surface area (Å²) in [5.74, 6) is -1.83. The number of rotatable bonds is 4. The first-order chi connectivity index (χ1) is 14.2. The molecule has 5 nitrogen and oxygen atoms in total. The number of carbonyl (C=O) groups excluding carboxylic acids is 1. The average Bonchev–Trinajstić information content (AvgIpc) is 3.31. The Morgan fingerprint density at radius 1 is 1.10 bits per heavy atom. The zero-order chi connectivity index (χ0) is 21.5. The van der Waals surface area contributed by atoms with E-state index in [4.69, 9.17) is 4.52 Å². The van der Waals surface area contributed by atoms with E-state index in [1.54, 1.807) is 0 Å². The van der Waals surface area contributed by atoms with E-state index in [-0.39, 0.29) is 42.7 Å². The molecule has 30 heavy (non-hydrogen) atoms. The van der Waals surface area contributed by atoms with E-state index in [1.807, 2.05) is 0 Å². The van der Waals surface area contributed by atoms with Gasteiger partial charge in [-0.3, -0.25) is 4.79 Å². The summed E-state index contributed by atoms with van der Waals surface area (Å²) in [7, 11) is 0. The Kier molecular flexibility index (Phi) is 5.00. The Morgan fingerprint density at radius 2 is 1.83 bits per heavy atom. The van der Waals surface area contributed by atoms with E-state index in [0.29, 0.717) is 5.56 Å². The molecule has 10 heteroatoms. The van der Waals surface area contributed by atoms with Crippen molar-refractivity contribution >= 4 is 5.91 Å². The van der Waals surface area contributed by atoms with Crippen LogP contribution in [0.3, 0.4) is 0 Å². The zero-order valence-electron chi connectivity index (χ0n) is 15.3. The number of likely N-dealkylation sites (tertiary alicyclic amines) is 1. The number of benzene rings is 2. The Balaban J connectivity index is 1.47. The van der Waals surface area contributed by atoms with Gasteiger partial charge in [-0.1, -0.05) is 11.2 Å². The van der Waals surface area contributed by atoms with E-state index < -0.39 is 29.3 Å². The minimum absolute atomic E-state index is 0.0228. The maximum atomic E-state index is 13.9. The molecule has 1 amide bonds. The largest absolute Gasteiger partial charge is 0.416 e. The molecule has 1 fully saturated rings. The van der Waals surface area contributed by atoms with Gasteiger partial charge in [-0.05, 0) is 30.3 Å². The van der Waals surface area contributed by atoms with Crippen LogP contribution in [0.1, 0.15) is 29.3 Å². The molecule has 156 valence electrons. The Hall–Kier alpha value is -3.30. The number of nitrogens with zero attached hydrogens (tertiary/aromatic N) is 3. The first kappa shape index (κ1) is 20.0. The molecule has 0 bridgehead atoms. The quantitative estimate of drug-likeness (QED) is 0.578. The second-order valence-corrected chi connectivity index (χ2v) is 6.94. The predicted octanol–water partition coefficient (Wildman–Crippen LogP) is 4.55. The van der Waals surface area contributed by atoms with Crippen LogP contribution in [-0.2, 0) is 17.5 Å². The number of hydrogen-bond donors (Lipinski definition) is 0. The minimum atomic E-state index is -4.45. The third kappa shape index (κ3) is 4.03. The van der Waals surface area contributed by atoms with Crippen LogP contribution >= 0.6 is 0 Å². The Bertz CT molecular complexity index is 1080. The number of carbonyl (C=O) groups is 1. The molecule has 0 saturated carbocycles. The molecule has 1 aliphatic heterocycles. The lowest BCUT2D eigenvalue weighted by Gasteiger charge is -2.16. The number of amides is 1. The van der Waals surface area contributed by atoms with Crippen molar-refractivity contribution in [1.82, 2.24) is 15.0 Å². The summed E-state index contributed by atoms with van der Waals surface area (Å²) in [5.41, 5.74) is -0.295. The van der Waals surface area contributed by atoms with Crippen molar-refractivity contribution in [3.05, 3.63) is 71.1 Å². The summed E-state index contributed by atoms with van der Waals surface area (Å²) in [5, 5.41) is 3.84. The maximum absolute atomic E-state index is 13.9. The highest BCUT2D eigenvalue weighted by atomic mass is 19.4. The molecule has 1 atom stereocenters. The van der Waals surface area contributed by atoms with Crippen LogP contribution in [0.25, 0.3) is 11.5 Å². The highest BCUT2D eigenvalue weighted by Gasteiger charge is 2.34. The van der Waals surface area contributed by atoms with Gasteiger partial charge in [0.05, 0.1) is 5.56 Å². The van der Waals surface area contributed by atoms with Gasteiger partial charge >= 0.3 is 6.18 Å². The lowest BCUT2D eigenvalue weighted by molar-refractivity contribution is -0.137. The molecule has 2 heterocycles. The Morgan fingerprint density at radius 3 is 2.50 bits per heavy atom. The van der Waals surface area contributed by atoms with Crippen molar-refractivity contribution in [3.8, 4) is 11.5 Å². The highest BCUT2D eigenvalue weighted by Crippen LogP contribution is 2.32. The molecule has 0 aliphatic carbocycles. The second-order valence-electron chi connectivity index (χ2n) is 6.94. The molecular formula is C20H14F5N3O2. The van der Waals surface area contributed by atoms with Gasteiger partial charge in [0.15, 0.2) is 5.82 Å². The molecule has 1 unspecified atom stereocenters. The minimum Gasteiger partial charge on any atom is -0.337 e. The van der Waals surface area contributed by atoms with Crippen molar-refractivity contribution in [1.29, 1.82) is 0 Å². The van der Waals surface area contributed by atoms with Crippen LogP contribution in [0.4, 0.5) is 22.0 Å².